The molecule has 0 spiro atoms. The quantitative estimate of drug-likeness (QED) is 0.115. The molecule has 12 aromatic rings. The molecule has 4 heteroatoms. The van der Waals surface area contributed by atoms with Gasteiger partial charge in [-0.15, -0.1) is 0 Å². The number of aryl methyl sites for hydroxylation is 4. The molecule has 0 N–H and O–H groups in total. The molecule has 0 saturated heterocycles. The minimum absolute atomic E-state index is 0.619. The zero-order chi connectivity index (χ0) is 46.2. The highest BCUT2D eigenvalue weighted by atomic mass is 16.5. The Labute approximate surface area is 397 Å². The summed E-state index contributed by atoms with van der Waals surface area (Å²) in [6, 6.07) is 53.4. The fourth-order valence-corrected chi connectivity index (χ4v) is 11.4. The van der Waals surface area contributed by atoms with Crippen molar-refractivity contribution >= 4 is 76.2 Å². The molecule has 334 valence electrons. The first-order valence-electron chi connectivity index (χ1n) is 24.5. The largest absolute Gasteiger partial charge is 0.494 e. The average molecular weight is 887 g/mol. The first kappa shape index (κ1) is 41.8. The molecule has 0 aliphatic carbocycles. The third-order valence-corrected chi connectivity index (χ3v) is 14.3. The van der Waals surface area contributed by atoms with Crippen molar-refractivity contribution < 1.29 is 18.3 Å². The summed E-state index contributed by atoms with van der Waals surface area (Å²) in [5.41, 5.74) is 18.2. The van der Waals surface area contributed by atoms with Crippen molar-refractivity contribution in [3.8, 4) is 56.0 Å². The second-order valence-corrected chi connectivity index (χ2v) is 18.6. The summed E-state index contributed by atoms with van der Waals surface area (Å²) in [7, 11) is 0. The van der Waals surface area contributed by atoms with Crippen LogP contribution in [0.5, 0.6) is 11.5 Å². The van der Waals surface area contributed by atoms with Gasteiger partial charge in [-0.05, 0) is 191 Å². The fourth-order valence-electron chi connectivity index (χ4n) is 11.4. The molecule has 0 atom stereocenters. The van der Waals surface area contributed by atoms with Crippen molar-refractivity contribution in [1.29, 1.82) is 0 Å². The van der Waals surface area contributed by atoms with Crippen LogP contribution in [0.25, 0.3) is 121 Å². The number of furan rings is 2. The first-order valence-corrected chi connectivity index (χ1v) is 24.5. The van der Waals surface area contributed by atoms with E-state index in [-0.39, 0.29) is 0 Å². The lowest BCUT2D eigenvalue weighted by atomic mass is 9.81. The fraction of sp³-hybridized carbons (Fsp3) is 0.188. The zero-order valence-corrected chi connectivity index (χ0v) is 39.7. The Bertz CT molecular complexity index is 3680. The van der Waals surface area contributed by atoms with E-state index in [0.29, 0.717) is 13.2 Å². The Morgan fingerprint density at radius 1 is 0.382 bits per heavy atom. The number of ether oxygens (including phenoxy) is 2. The molecule has 68 heavy (non-hydrogen) atoms. The lowest BCUT2D eigenvalue weighted by Gasteiger charge is -2.22. The van der Waals surface area contributed by atoms with Crippen LogP contribution in [0.2, 0.25) is 0 Å². The van der Waals surface area contributed by atoms with E-state index in [4.69, 9.17) is 18.3 Å². The van der Waals surface area contributed by atoms with Gasteiger partial charge in [0.25, 0.3) is 0 Å². The highest BCUT2D eigenvalue weighted by Gasteiger charge is 2.27. The van der Waals surface area contributed by atoms with Gasteiger partial charge < -0.3 is 18.3 Å². The minimum atomic E-state index is 0.619. The Morgan fingerprint density at radius 3 is 1.24 bits per heavy atom. The van der Waals surface area contributed by atoms with E-state index >= 15 is 0 Å². The van der Waals surface area contributed by atoms with E-state index in [9.17, 15) is 0 Å². The molecule has 10 aromatic carbocycles. The molecule has 0 saturated carbocycles. The van der Waals surface area contributed by atoms with E-state index in [0.717, 1.165) is 114 Å². The Hall–Kier alpha value is -7.56. The molecule has 0 aliphatic rings. The molecule has 0 amide bonds. The Balaban J connectivity index is 1.24. The summed E-state index contributed by atoms with van der Waals surface area (Å²) in [5.74, 6) is 1.73. The summed E-state index contributed by atoms with van der Waals surface area (Å²) in [5, 5.41) is 11.5. The Morgan fingerprint density at radius 2 is 0.809 bits per heavy atom. The van der Waals surface area contributed by atoms with Crippen LogP contribution in [0.1, 0.15) is 62.8 Å². The van der Waals surface area contributed by atoms with Gasteiger partial charge in [-0.1, -0.05) is 99.5 Å². The third kappa shape index (κ3) is 6.64. The molecule has 0 radical (unpaired) electrons. The van der Waals surface area contributed by atoms with Crippen molar-refractivity contribution in [1.82, 2.24) is 0 Å². The smallest absolute Gasteiger partial charge is 0.143 e. The topological polar surface area (TPSA) is 44.7 Å². The van der Waals surface area contributed by atoms with Gasteiger partial charge in [0.2, 0.25) is 0 Å². The van der Waals surface area contributed by atoms with Crippen LogP contribution in [0.4, 0.5) is 0 Å². The number of fused-ring (bicyclic) bond motifs is 8. The summed E-state index contributed by atoms with van der Waals surface area (Å²) in [6.45, 7) is 14.4. The van der Waals surface area contributed by atoms with Gasteiger partial charge in [0.05, 0.1) is 13.2 Å². The highest BCUT2D eigenvalue weighted by Crippen LogP contribution is 2.52. The van der Waals surface area contributed by atoms with Crippen LogP contribution >= 0.6 is 0 Å². The average Bonchev–Trinajstić information content (AvgIpc) is 3.91. The van der Waals surface area contributed by atoms with Crippen molar-refractivity contribution in [2.75, 3.05) is 13.2 Å². The maximum Gasteiger partial charge on any atom is 0.143 e. The van der Waals surface area contributed by atoms with Crippen LogP contribution in [-0.2, 0) is 12.8 Å². The first-order chi connectivity index (χ1) is 33.3. The van der Waals surface area contributed by atoms with Gasteiger partial charge in [-0.2, -0.15) is 0 Å². The van der Waals surface area contributed by atoms with Gasteiger partial charge in [-0.3, -0.25) is 0 Å². The number of benzene rings is 10. The second kappa shape index (κ2) is 16.6. The SMILES string of the molecule is CCCc1cccc(C)c1-c1cc2c3oc4cc(-c5cccc(OCC)c5)ccc4c3cc3c(-c4c(C)cccc4CCC)cc4c5oc6cc(-c7cccc(OCC)c7)ccc6c5cc1c4c32. The monoisotopic (exact) mass is 886 g/mol. The van der Waals surface area contributed by atoms with Gasteiger partial charge in [-0.25, -0.2) is 0 Å². The van der Waals surface area contributed by atoms with E-state index in [2.05, 4.69) is 161 Å². The summed E-state index contributed by atoms with van der Waals surface area (Å²) in [6.07, 6.45) is 4.07. The summed E-state index contributed by atoms with van der Waals surface area (Å²) in [4.78, 5) is 0. The predicted molar refractivity (Wildman–Crippen MR) is 286 cm³/mol. The standard InChI is InChI=1S/C64H54O4/c1-7-15-39-19-11-17-37(5)59(39)49-35-55-62-52(34-54-48-28-26-44(32-58(48)67-63(54)55)42-22-14-24-46(30-42)66-10-4)50(60-38(6)18-12-20-40(60)16-8-2)36-56-61(62)51(49)33-53-47-27-25-43(31-57(47)68-64(53)56)41-21-13-23-45(29-41)65-9-3/h11-14,17-36H,7-10,15-16H2,1-6H3. The molecular formula is C64H54O4. The van der Waals surface area contributed by atoms with Crippen LogP contribution < -0.4 is 9.47 Å². The van der Waals surface area contributed by atoms with Crippen LogP contribution in [0, 0.1) is 13.8 Å². The van der Waals surface area contributed by atoms with E-state index < -0.39 is 0 Å². The second-order valence-electron chi connectivity index (χ2n) is 18.6. The number of hydrogen-bond acceptors (Lipinski definition) is 4. The Kier molecular flexibility index (Phi) is 10.2. The zero-order valence-electron chi connectivity index (χ0n) is 39.7. The van der Waals surface area contributed by atoms with E-state index in [1.54, 1.807) is 0 Å². The van der Waals surface area contributed by atoms with E-state index in [1.807, 2.05) is 26.0 Å². The molecule has 4 nitrogen and oxygen atoms in total. The van der Waals surface area contributed by atoms with Crippen molar-refractivity contribution in [2.45, 2.75) is 67.2 Å². The molecule has 0 bridgehead atoms. The minimum Gasteiger partial charge on any atom is -0.494 e. The number of rotatable bonds is 12. The lowest BCUT2D eigenvalue weighted by Crippen LogP contribution is -1.98. The van der Waals surface area contributed by atoms with Gasteiger partial charge >= 0.3 is 0 Å². The van der Waals surface area contributed by atoms with Crippen molar-refractivity contribution in [3.05, 3.63) is 168 Å². The van der Waals surface area contributed by atoms with E-state index in [1.165, 1.54) is 66.1 Å². The molecule has 12 rings (SSSR count). The lowest BCUT2D eigenvalue weighted by molar-refractivity contribution is 0.340. The van der Waals surface area contributed by atoms with Crippen molar-refractivity contribution in [2.24, 2.45) is 0 Å². The van der Waals surface area contributed by atoms with Gasteiger partial charge in [0.1, 0.15) is 33.8 Å². The maximum atomic E-state index is 7.23. The molecule has 0 aliphatic heterocycles. The van der Waals surface area contributed by atoms with Gasteiger partial charge in [0, 0.05) is 43.1 Å². The molecule has 2 heterocycles. The van der Waals surface area contributed by atoms with Crippen LogP contribution in [-0.4, -0.2) is 13.2 Å². The summed E-state index contributed by atoms with van der Waals surface area (Å²) < 4.78 is 26.3. The highest BCUT2D eigenvalue weighted by molar-refractivity contribution is 6.38. The summed E-state index contributed by atoms with van der Waals surface area (Å²) >= 11 is 0. The third-order valence-electron chi connectivity index (χ3n) is 14.3. The molecule has 0 unspecified atom stereocenters. The van der Waals surface area contributed by atoms with Crippen LogP contribution in [0.3, 0.4) is 0 Å². The number of hydrogen-bond donors (Lipinski definition) is 0. The normalized spacial score (nSPS) is 12.0. The molecule has 0 fully saturated rings. The predicted octanol–water partition coefficient (Wildman–Crippen LogP) is 18.4. The maximum absolute atomic E-state index is 7.23. The van der Waals surface area contributed by atoms with Crippen molar-refractivity contribution in [3.63, 3.8) is 0 Å². The van der Waals surface area contributed by atoms with Gasteiger partial charge in [0.15, 0.2) is 0 Å². The molecule has 2 aromatic heterocycles. The van der Waals surface area contributed by atoms with Crippen LogP contribution in [0.15, 0.2) is 154 Å². The molecular weight excluding hydrogens is 833 g/mol.